The average Bonchev–Trinajstić information content (AvgIpc) is 2.55. The molecule has 0 aliphatic carbocycles. The van der Waals surface area contributed by atoms with Gasteiger partial charge in [-0.3, -0.25) is 4.79 Å². The Kier molecular flexibility index (Phi) is 5.16. The van der Waals surface area contributed by atoms with Gasteiger partial charge in [-0.25, -0.2) is 4.79 Å². The topological polar surface area (TPSA) is 52.6 Å². The fourth-order valence-electron chi connectivity index (χ4n) is 2.28. The Labute approximate surface area is 136 Å². The molecular formula is C19H20O4. The highest BCUT2D eigenvalue weighted by Gasteiger charge is 2.14. The summed E-state index contributed by atoms with van der Waals surface area (Å²) in [6.45, 7) is 5.39. The first kappa shape index (κ1) is 16.7. The van der Waals surface area contributed by atoms with Crippen molar-refractivity contribution in [2.24, 2.45) is 0 Å². The van der Waals surface area contributed by atoms with Crippen LogP contribution in [0.4, 0.5) is 0 Å². The molecule has 4 nitrogen and oxygen atoms in total. The number of Topliss-reactive ketones (excluding diaryl/α,β-unsaturated/α-hetero) is 1. The molecule has 0 spiro atoms. The van der Waals surface area contributed by atoms with Gasteiger partial charge in [0.1, 0.15) is 5.75 Å². The first-order chi connectivity index (χ1) is 10.9. The Morgan fingerprint density at radius 2 is 1.65 bits per heavy atom. The number of carbonyl (C=O) groups is 2. The van der Waals surface area contributed by atoms with Crippen molar-refractivity contribution in [3.8, 4) is 5.75 Å². The van der Waals surface area contributed by atoms with Crippen LogP contribution in [-0.4, -0.2) is 25.5 Å². The molecule has 2 aromatic carbocycles. The molecule has 0 bridgehead atoms. The van der Waals surface area contributed by atoms with Gasteiger partial charge in [-0.1, -0.05) is 23.8 Å². The number of hydrogen-bond acceptors (Lipinski definition) is 4. The van der Waals surface area contributed by atoms with E-state index >= 15 is 0 Å². The number of carbonyl (C=O) groups excluding carboxylic acids is 2. The summed E-state index contributed by atoms with van der Waals surface area (Å²) >= 11 is 0. The molecule has 0 N–H and O–H groups in total. The largest absolute Gasteiger partial charge is 0.496 e. The second kappa shape index (κ2) is 7.09. The molecule has 0 saturated carbocycles. The Morgan fingerprint density at radius 3 is 2.35 bits per heavy atom. The SMILES string of the molecule is COc1cc(C(=O)OCC(=O)c2cc(C)ccc2C)ccc1C. The number of methoxy groups -OCH3 is 1. The number of rotatable bonds is 5. The normalized spacial score (nSPS) is 10.3. The minimum absolute atomic E-state index is 0.210. The van der Waals surface area contributed by atoms with Gasteiger partial charge in [0.2, 0.25) is 5.78 Å². The number of ether oxygens (including phenoxy) is 2. The van der Waals surface area contributed by atoms with Crippen molar-refractivity contribution in [1.29, 1.82) is 0 Å². The van der Waals surface area contributed by atoms with E-state index in [2.05, 4.69) is 0 Å². The standard InChI is InChI=1S/C19H20O4/c1-12-5-6-13(2)16(9-12)17(20)11-23-19(21)15-8-7-14(3)18(10-15)22-4/h5-10H,11H2,1-4H3. The van der Waals surface area contributed by atoms with E-state index < -0.39 is 5.97 Å². The van der Waals surface area contributed by atoms with Crippen molar-refractivity contribution in [3.63, 3.8) is 0 Å². The molecule has 0 atom stereocenters. The van der Waals surface area contributed by atoms with Gasteiger partial charge >= 0.3 is 5.97 Å². The fraction of sp³-hybridized carbons (Fsp3) is 0.263. The van der Waals surface area contributed by atoms with E-state index in [1.54, 1.807) is 31.4 Å². The van der Waals surface area contributed by atoms with E-state index in [4.69, 9.17) is 9.47 Å². The highest BCUT2D eigenvalue weighted by atomic mass is 16.5. The van der Waals surface area contributed by atoms with Crippen molar-refractivity contribution in [2.75, 3.05) is 13.7 Å². The van der Waals surface area contributed by atoms with Crippen LogP contribution in [0.2, 0.25) is 0 Å². The third-order valence-corrected chi connectivity index (χ3v) is 3.67. The van der Waals surface area contributed by atoms with Crippen LogP contribution in [0.25, 0.3) is 0 Å². The number of hydrogen-bond donors (Lipinski definition) is 0. The average molecular weight is 312 g/mol. The molecule has 0 unspecified atom stereocenters. The highest BCUT2D eigenvalue weighted by Crippen LogP contribution is 2.19. The number of esters is 1. The molecule has 23 heavy (non-hydrogen) atoms. The minimum Gasteiger partial charge on any atom is -0.496 e. The second-order valence-electron chi connectivity index (χ2n) is 5.50. The maximum atomic E-state index is 12.2. The first-order valence-corrected chi connectivity index (χ1v) is 7.34. The summed E-state index contributed by atoms with van der Waals surface area (Å²) in [5, 5.41) is 0. The molecule has 0 aromatic heterocycles. The van der Waals surface area contributed by atoms with Crippen molar-refractivity contribution in [3.05, 3.63) is 64.2 Å². The Bertz CT molecular complexity index is 747. The lowest BCUT2D eigenvalue weighted by atomic mass is 10.0. The monoisotopic (exact) mass is 312 g/mol. The van der Waals surface area contributed by atoms with Crippen LogP contribution in [0, 0.1) is 20.8 Å². The van der Waals surface area contributed by atoms with E-state index in [9.17, 15) is 9.59 Å². The van der Waals surface area contributed by atoms with Crippen LogP contribution in [0.15, 0.2) is 36.4 Å². The summed E-state index contributed by atoms with van der Waals surface area (Å²) in [5.74, 6) is -0.138. The summed E-state index contributed by atoms with van der Waals surface area (Å²) in [7, 11) is 1.54. The quantitative estimate of drug-likeness (QED) is 0.624. The van der Waals surface area contributed by atoms with Crippen LogP contribution in [0.1, 0.15) is 37.4 Å². The van der Waals surface area contributed by atoms with Crippen molar-refractivity contribution < 1.29 is 19.1 Å². The van der Waals surface area contributed by atoms with E-state index in [0.717, 1.165) is 16.7 Å². The molecule has 0 heterocycles. The summed E-state index contributed by atoms with van der Waals surface area (Å²) in [6.07, 6.45) is 0. The number of ketones is 1. The molecule has 0 amide bonds. The fourth-order valence-corrected chi connectivity index (χ4v) is 2.28. The smallest absolute Gasteiger partial charge is 0.338 e. The third kappa shape index (κ3) is 3.97. The molecule has 120 valence electrons. The molecule has 2 aromatic rings. The summed E-state index contributed by atoms with van der Waals surface area (Å²) in [6, 6.07) is 10.7. The first-order valence-electron chi connectivity index (χ1n) is 7.34. The second-order valence-corrected chi connectivity index (χ2v) is 5.50. The number of benzene rings is 2. The Balaban J connectivity index is 2.07. The van der Waals surface area contributed by atoms with Crippen molar-refractivity contribution >= 4 is 11.8 Å². The zero-order valence-electron chi connectivity index (χ0n) is 13.8. The lowest BCUT2D eigenvalue weighted by Crippen LogP contribution is -2.15. The van der Waals surface area contributed by atoms with Crippen LogP contribution in [0.3, 0.4) is 0 Å². The zero-order chi connectivity index (χ0) is 17.0. The molecule has 2 rings (SSSR count). The minimum atomic E-state index is -0.540. The van der Waals surface area contributed by atoms with E-state index in [0.29, 0.717) is 16.9 Å². The van der Waals surface area contributed by atoms with Gasteiger partial charge in [-0.15, -0.1) is 0 Å². The lowest BCUT2D eigenvalue weighted by Gasteiger charge is -2.09. The zero-order valence-corrected chi connectivity index (χ0v) is 13.8. The van der Waals surface area contributed by atoms with Gasteiger partial charge in [-0.2, -0.15) is 0 Å². The maximum Gasteiger partial charge on any atom is 0.338 e. The predicted molar refractivity (Wildman–Crippen MR) is 88.3 cm³/mol. The van der Waals surface area contributed by atoms with E-state index in [-0.39, 0.29) is 12.4 Å². The molecular weight excluding hydrogens is 292 g/mol. The highest BCUT2D eigenvalue weighted by molar-refractivity contribution is 6.00. The van der Waals surface area contributed by atoms with Gasteiger partial charge < -0.3 is 9.47 Å². The molecule has 0 aliphatic heterocycles. The Morgan fingerprint density at radius 1 is 0.957 bits per heavy atom. The summed E-state index contributed by atoms with van der Waals surface area (Å²) in [5.41, 5.74) is 3.73. The van der Waals surface area contributed by atoms with Crippen LogP contribution in [-0.2, 0) is 4.74 Å². The van der Waals surface area contributed by atoms with E-state index in [1.165, 1.54) is 0 Å². The van der Waals surface area contributed by atoms with E-state index in [1.807, 2.05) is 32.9 Å². The van der Waals surface area contributed by atoms with Crippen LogP contribution >= 0.6 is 0 Å². The van der Waals surface area contributed by atoms with Crippen LogP contribution < -0.4 is 4.74 Å². The van der Waals surface area contributed by atoms with Gasteiger partial charge in [0.15, 0.2) is 6.61 Å². The Hall–Kier alpha value is -2.62. The molecule has 0 aliphatic rings. The lowest BCUT2D eigenvalue weighted by molar-refractivity contribution is 0.0474. The van der Waals surface area contributed by atoms with Crippen molar-refractivity contribution in [2.45, 2.75) is 20.8 Å². The molecule has 0 fully saturated rings. The van der Waals surface area contributed by atoms with Gasteiger partial charge in [-0.05, 0) is 50.1 Å². The molecule has 0 radical (unpaired) electrons. The van der Waals surface area contributed by atoms with Crippen molar-refractivity contribution in [1.82, 2.24) is 0 Å². The van der Waals surface area contributed by atoms with Gasteiger partial charge in [0.25, 0.3) is 0 Å². The van der Waals surface area contributed by atoms with Crippen LogP contribution in [0.5, 0.6) is 5.75 Å². The number of aryl methyl sites for hydroxylation is 3. The molecule has 0 saturated heterocycles. The predicted octanol–water partition coefficient (Wildman–Crippen LogP) is 3.66. The summed E-state index contributed by atoms with van der Waals surface area (Å²) in [4.78, 5) is 24.3. The maximum absolute atomic E-state index is 12.2. The van der Waals surface area contributed by atoms with Gasteiger partial charge in [0, 0.05) is 5.56 Å². The molecule has 4 heteroatoms. The third-order valence-electron chi connectivity index (χ3n) is 3.67. The summed E-state index contributed by atoms with van der Waals surface area (Å²) < 4.78 is 10.3. The van der Waals surface area contributed by atoms with Gasteiger partial charge in [0.05, 0.1) is 12.7 Å².